The Kier molecular flexibility index (Phi) is 12.3. The molecule has 0 bridgehead atoms. The number of alkyl halides is 3. The number of rotatable bonds is 14. The molecule has 54 heavy (non-hydrogen) atoms. The molecule has 0 atom stereocenters. The van der Waals surface area contributed by atoms with E-state index < -0.39 is 11.7 Å². The number of nitrogens with zero attached hydrogens (tertiary/aromatic N) is 4. The highest BCUT2D eigenvalue weighted by atomic mass is 19.4. The van der Waals surface area contributed by atoms with Crippen molar-refractivity contribution in [2.24, 2.45) is 0 Å². The average Bonchev–Trinajstić information content (AvgIpc) is 3.19. The summed E-state index contributed by atoms with van der Waals surface area (Å²) in [5, 5.41) is 0. The lowest BCUT2D eigenvalue weighted by atomic mass is 9.99. The Bertz CT molecular complexity index is 2010. The average molecular weight is 741 g/mol. The highest BCUT2D eigenvalue weighted by Crippen LogP contribution is 2.38. The smallest absolute Gasteiger partial charge is 0.416 e. The third kappa shape index (κ3) is 8.90. The summed E-state index contributed by atoms with van der Waals surface area (Å²) < 4.78 is 62.9. The Morgan fingerprint density at radius 2 is 1.46 bits per heavy atom. The second kappa shape index (κ2) is 17.2. The summed E-state index contributed by atoms with van der Waals surface area (Å²) in [6.45, 7) is 5.03. The van der Waals surface area contributed by atoms with Gasteiger partial charge in [0.25, 0.3) is 0 Å². The number of aryl methyl sites for hydroxylation is 1. The molecule has 1 fully saturated rings. The fourth-order valence-electron chi connectivity index (χ4n) is 7.24. The summed E-state index contributed by atoms with van der Waals surface area (Å²) in [6, 6.07) is 21.7. The van der Waals surface area contributed by atoms with Gasteiger partial charge in [-0.2, -0.15) is 13.2 Å². The molecular weight excluding hydrogens is 693 g/mol. The number of methoxy groups -OCH3 is 4. The molecule has 0 aliphatic carbocycles. The van der Waals surface area contributed by atoms with Crippen LogP contribution in [-0.4, -0.2) is 62.4 Å². The van der Waals surface area contributed by atoms with Gasteiger partial charge in [-0.25, -0.2) is 0 Å². The molecular formula is C43H47F3N4O4. The molecule has 3 aromatic carbocycles. The van der Waals surface area contributed by atoms with E-state index in [1.807, 2.05) is 42.7 Å². The van der Waals surface area contributed by atoms with Crippen molar-refractivity contribution in [3.63, 3.8) is 0 Å². The number of pyridine rings is 2. The Labute approximate surface area is 315 Å². The van der Waals surface area contributed by atoms with Gasteiger partial charge in [-0.1, -0.05) is 19.4 Å². The van der Waals surface area contributed by atoms with E-state index in [1.54, 1.807) is 46.8 Å². The van der Waals surface area contributed by atoms with Gasteiger partial charge in [0.1, 0.15) is 0 Å². The predicted molar refractivity (Wildman–Crippen MR) is 205 cm³/mol. The van der Waals surface area contributed by atoms with E-state index in [1.165, 1.54) is 12.1 Å². The SMILES string of the molecule is CCCc1cc(-c2cc(CN(c3ccc(C(F)(F)F)cc3)C3CCN(Cc4cncc(-c5ccc(OC)c(OC)c5)c4)CC3)ccn2)cc(OC)c1OC. The summed E-state index contributed by atoms with van der Waals surface area (Å²) in [4.78, 5) is 13.9. The number of ether oxygens (including phenoxy) is 4. The van der Waals surface area contributed by atoms with Crippen molar-refractivity contribution in [2.45, 2.75) is 57.9 Å². The van der Waals surface area contributed by atoms with Crippen molar-refractivity contribution in [1.29, 1.82) is 0 Å². The van der Waals surface area contributed by atoms with Gasteiger partial charge in [0, 0.05) is 67.6 Å². The number of likely N-dealkylation sites (tertiary alicyclic amines) is 1. The molecule has 2 aromatic heterocycles. The van der Waals surface area contributed by atoms with Crippen LogP contribution in [0.4, 0.5) is 18.9 Å². The highest BCUT2D eigenvalue weighted by Gasteiger charge is 2.31. The third-order valence-corrected chi connectivity index (χ3v) is 9.99. The lowest BCUT2D eigenvalue weighted by Gasteiger charge is -2.40. The van der Waals surface area contributed by atoms with Crippen LogP contribution < -0.4 is 23.8 Å². The van der Waals surface area contributed by atoms with E-state index in [2.05, 4.69) is 39.9 Å². The number of benzene rings is 3. The van der Waals surface area contributed by atoms with Gasteiger partial charge >= 0.3 is 6.18 Å². The lowest BCUT2D eigenvalue weighted by Crippen LogP contribution is -2.44. The van der Waals surface area contributed by atoms with Crippen LogP contribution in [0.3, 0.4) is 0 Å². The molecule has 11 heteroatoms. The first-order valence-electron chi connectivity index (χ1n) is 18.2. The van der Waals surface area contributed by atoms with Crippen molar-refractivity contribution in [2.75, 3.05) is 46.4 Å². The van der Waals surface area contributed by atoms with Gasteiger partial charge in [-0.3, -0.25) is 14.9 Å². The Balaban J connectivity index is 1.21. The zero-order chi connectivity index (χ0) is 38.2. The topological polar surface area (TPSA) is 69.2 Å². The van der Waals surface area contributed by atoms with Crippen molar-refractivity contribution in [3.05, 3.63) is 114 Å². The third-order valence-electron chi connectivity index (χ3n) is 9.99. The number of piperidine rings is 1. The molecule has 6 rings (SSSR count). The Morgan fingerprint density at radius 1 is 0.741 bits per heavy atom. The zero-order valence-corrected chi connectivity index (χ0v) is 31.5. The van der Waals surface area contributed by atoms with E-state index in [9.17, 15) is 13.2 Å². The fourth-order valence-corrected chi connectivity index (χ4v) is 7.24. The van der Waals surface area contributed by atoms with Gasteiger partial charge < -0.3 is 23.8 Å². The maximum atomic E-state index is 13.6. The first kappa shape index (κ1) is 38.4. The number of aromatic nitrogens is 2. The first-order chi connectivity index (χ1) is 26.1. The lowest BCUT2D eigenvalue weighted by molar-refractivity contribution is -0.137. The monoisotopic (exact) mass is 740 g/mol. The van der Waals surface area contributed by atoms with E-state index in [4.69, 9.17) is 23.9 Å². The van der Waals surface area contributed by atoms with Gasteiger partial charge in [-0.05, 0) is 108 Å². The van der Waals surface area contributed by atoms with Crippen LogP contribution in [0, 0.1) is 0 Å². The molecule has 0 amide bonds. The zero-order valence-electron chi connectivity index (χ0n) is 31.5. The van der Waals surface area contributed by atoms with Crippen LogP contribution in [0.5, 0.6) is 23.0 Å². The van der Waals surface area contributed by atoms with E-state index in [0.717, 1.165) is 95.8 Å². The number of halogens is 3. The van der Waals surface area contributed by atoms with Gasteiger partial charge in [0.05, 0.1) is 39.7 Å². The molecule has 0 N–H and O–H groups in total. The molecule has 1 saturated heterocycles. The molecule has 284 valence electrons. The van der Waals surface area contributed by atoms with Crippen molar-refractivity contribution in [1.82, 2.24) is 14.9 Å². The minimum atomic E-state index is -4.41. The summed E-state index contributed by atoms with van der Waals surface area (Å²) in [6.07, 6.45) is 4.59. The molecule has 0 spiro atoms. The molecule has 1 aliphatic rings. The predicted octanol–water partition coefficient (Wildman–Crippen LogP) is 9.49. The van der Waals surface area contributed by atoms with Crippen LogP contribution >= 0.6 is 0 Å². The maximum Gasteiger partial charge on any atom is 0.416 e. The summed E-state index contributed by atoms with van der Waals surface area (Å²) in [5.41, 5.74) is 6.92. The second-order valence-corrected chi connectivity index (χ2v) is 13.5. The van der Waals surface area contributed by atoms with Gasteiger partial charge in [0.2, 0.25) is 0 Å². The van der Waals surface area contributed by atoms with Crippen LogP contribution in [0.2, 0.25) is 0 Å². The Hall–Kier alpha value is -5.29. The largest absolute Gasteiger partial charge is 0.493 e. The van der Waals surface area contributed by atoms with Crippen LogP contribution in [-0.2, 0) is 25.7 Å². The highest BCUT2D eigenvalue weighted by molar-refractivity contribution is 5.68. The normalized spacial score (nSPS) is 13.8. The summed E-state index contributed by atoms with van der Waals surface area (Å²) >= 11 is 0. The van der Waals surface area contributed by atoms with Crippen molar-refractivity contribution in [3.8, 4) is 45.4 Å². The standard InChI is InChI=1S/C43H47F3N4O4/c1-6-7-32-22-33(24-41(53-4)42(32)54-5)38-21-29(14-17-48-38)28-50(36-11-9-35(10-12-36)43(44,45)46)37-15-18-49(19-16-37)27-30-20-34(26-47-25-30)31-8-13-39(51-2)40(23-31)52-3/h8-14,17,20-26,37H,6-7,15-16,18-19,27-28H2,1-5H3. The van der Waals surface area contributed by atoms with Crippen molar-refractivity contribution < 1.29 is 32.1 Å². The molecule has 0 radical (unpaired) electrons. The first-order valence-corrected chi connectivity index (χ1v) is 18.2. The second-order valence-electron chi connectivity index (χ2n) is 13.5. The number of hydrogen-bond donors (Lipinski definition) is 0. The van der Waals surface area contributed by atoms with Crippen molar-refractivity contribution >= 4 is 5.69 Å². The van der Waals surface area contributed by atoms with E-state index in [0.29, 0.717) is 23.8 Å². The number of anilines is 1. The summed E-state index contributed by atoms with van der Waals surface area (Å²) in [5.74, 6) is 2.69. The maximum absolute atomic E-state index is 13.6. The van der Waals surface area contributed by atoms with Gasteiger partial charge in [-0.15, -0.1) is 0 Å². The van der Waals surface area contributed by atoms with Crippen LogP contribution in [0.25, 0.3) is 22.4 Å². The molecule has 8 nitrogen and oxygen atoms in total. The van der Waals surface area contributed by atoms with E-state index in [-0.39, 0.29) is 6.04 Å². The minimum Gasteiger partial charge on any atom is -0.493 e. The molecule has 1 aliphatic heterocycles. The molecule has 5 aromatic rings. The molecule has 0 unspecified atom stereocenters. The number of hydrogen-bond acceptors (Lipinski definition) is 8. The van der Waals surface area contributed by atoms with E-state index >= 15 is 0 Å². The molecule has 0 saturated carbocycles. The van der Waals surface area contributed by atoms with Crippen LogP contribution in [0.1, 0.15) is 48.4 Å². The van der Waals surface area contributed by atoms with Gasteiger partial charge in [0.15, 0.2) is 23.0 Å². The molecule has 3 heterocycles. The minimum absolute atomic E-state index is 0.114. The quantitative estimate of drug-likeness (QED) is 0.112. The fraction of sp³-hybridized carbons (Fsp3) is 0.349. The Morgan fingerprint density at radius 3 is 2.13 bits per heavy atom. The summed E-state index contributed by atoms with van der Waals surface area (Å²) in [7, 11) is 6.51. The van der Waals surface area contributed by atoms with Crippen LogP contribution in [0.15, 0.2) is 91.4 Å².